The van der Waals surface area contributed by atoms with Crippen LogP contribution in [-0.2, 0) is 11.3 Å². The van der Waals surface area contributed by atoms with Crippen LogP contribution in [0.3, 0.4) is 0 Å². The monoisotopic (exact) mass is 469 g/mol. The average Bonchev–Trinajstić information content (AvgIpc) is 3.48. The summed E-state index contributed by atoms with van der Waals surface area (Å²) in [5, 5.41) is 7.98. The van der Waals surface area contributed by atoms with Crippen molar-refractivity contribution < 1.29 is 32.2 Å². The van der Waals surface area contributed by atoms with Crippen molar-refractivity contribution in [3.05, 3.63) is 40.3 Å². The Kier molecular flexibility index (Phi) is 6.54. The number of benzene rings is 1. The first-order valence-electron chi connectivity index (χ1n) is 10.3. The molecule has 0 unspecified atom stereocenters. The van der Waals surface area contributed by atoms with E-state index in [-0.39, 0.29) is 36.6 Å². The highest BCUT2D eigenvalue weighted by Gasteiger charge is 2.40. The van der Waals surface area contributed by atoms with Crippen molar-refractivity contribution in [3.8, 4) is 11.5 Å². The van der Waals surface area contributed by atoms with Gasteiger partial charge < -0.3 is 20.1 Å². The predicted molar refractivity (Wildman–Crippen MR) is 109 cm³/mol. The summed E-state index contributed by atoms with van der Waals surface area (Å²) in [6.45, 7) is -0.172. The summed E-state index contributed by atoms with van der Waals surface area (Å²) < 4.78 is 45.5. The standard InChI is InChI=1S/C21H22F3N3O4S/c22-21(23,24)31-15-5-3-14(4-6-15)30-10-18(28)25-9-19-26-17(11-32-19)20(29)27-16-8-12-1-2-13(16)7-12/h3-6,11-13,16H,1-2,7-10H2,(H,25,28)(H,27,29)/t12-,13+,16+/m0/s1. The molecule has 0 aliphatic heterocycles. The predicted octanol–water partition coefficient (Wildman–Crippen LogP) is 3.66. The summed E-state index contributed by atoms with van der Waals surface area (Å²) in [6.07, 6.45) is -0.0836. The molecule has 2 amide bonds. The number of thiazole rings is 1. The van der Waals surface area contributed by atoms with E-state index in [9.17, 15) is 22.8 Å². The molecule has 2 aliphatic carbocycles. The van der Waals surface area contributed by atoms with Gasteiger partial charge in [0.15, 0.2) is 6.61 Å². The third kappa shape index (κ3) is 5.90. The lowest BCUT2D eigenvalue weighted by atomic mass is 9.95. The van der Waals surface area contributed by atoms with E-state index < -0.39 is 12.3 Å². The van der Waals surface area contributed by atoms with Crippen molar-refractivity contribution in [2.75, 3.05) is 6.61 Å². The number of hydrogen-bond donors (Lipinski definition) is 2. The molecule has 2 bridgehead atoms. The van der Waals surface area contributed by atoms with Crippen LogP contribution in [0.15, 0.2) is 29.6 Å². The molecular weight excluding hydrogens is 447 g/mol. The Morgan fingerprint density at radius 1 is 1.12 bits per heavy atom. The topological polar surface area (TPSA) is 89.6 Å². The SMILES string of the molecule is O=C(COc1ccc(OC(F)(F)F)cc1)NCc1nc(C(=O)N[C@@H]2C[C@H]3CC[C@@H]2C3)cs1. The van der Waals surface area contributed by atoms with Crippen LogP contribution in [0.2, 0.25) is 0 Å². The van der Waals surface area contributed by atoms with Gasteiger partial charge in [-0.1, -0.05) is 6.42 Å². The number of halogens is 3. The number of hydrogen-bond acceptors (Lipinski definition) is 6. The number of rotatable bonds is 8. The van der Waals surface area contributed by atoms with Crippen LogP contribution in [0.4, 0.5) is 13.2 Å². The highest BCUT2D eigenvalue weighted by molar-refractivity contribution is 7.09. The molecule has 11 heteroatoms. The van der Waals surface area contributed by atoms with E-state index in [4.69, 9.17) is 4.74 Å². The summed E-state index contributed by atoms with van der Waals surface area (Å²) in [5.74, 6) is 0.554. The van der Waals surface area contributed by atoms with Crippen molar-refractivity contribution in [2.24, 2.45) is 11.8 Å². The van der Waals surface area contributed by atoms with Crippen LogP contribution in [-0.4, -0.2) is 35.8 Å². The lowest BCUT2D eigenvalue weighted by molar-refractivity contribution is -0.274. The summed E-state index contributed by atoms with van der Waals surface area (Å²) >= 11 is 1.28. The van der Waals surface area contributed by atoms with E-state index in [1.807, 2.05) is 0 Å². The number of carbonyl (C=O) groups is 2. The molecule has 2 N–H and O–H groups in total. The molecule has 1 heterocycles. The number of fused-ring (bicyclic) bond motifs is 2. The van der Waals surface area contributed by atoms with Crippen molar-refractivity contribution >= 4 is 23.2 Å². The van der Waals surface area contributed by atoms with Gasteiger partial charge >= 0.3 is 6.36 Å². The van der Waals surface area contributed by atoms with Gasteiger partial charge in [-0.25, -0.2) is 4.98 Å². The Balaban J connectivity index is 1.18. The summed E-state index contributed by atoms with van der Waals surface area (Å²) in [5.41, 5.74) is 0.347. The quantitative estimate of drug-likeness (QED) is 0.616. The zero-order valence-electron chi connectivity index (χ0n) is 17.0. The number of aromatic nitrogens is 1. The highest BCUT2D eigenvalue weighted by atomic mass is 32.1. The third-order valence-electron chi connectivity index (χ3n) is 5.70. The minimum atomic E-state index is -4.77. The molecule has 0 radical (unpaired) electrons. The molecule has 2 aliphatic rings. The van der Waals surface area contributed by atoms with Crippen LogP contribution in [0.1, 0.15) is 41.2 Å². The average molecular weight is 469 g/mol. The number of amides is 2. The highest BCUT2D eigenvalue weighted by Crippen LogP contribution is 2.44. The van der Waals surface area contributed by atoms with Crippen LogP contribution < -0.4 is 20.1 Å². The van der Waals surface area contributed by atoms with Crippen molar-refractivity contribution in [3.63, 3.8) is 0 Å². The number of nitrogens with zero attached hydrogens (tertiary/aromatic N) is 1. The molecule has 32 heavy (non-hydrogen) atoms. The zero-order valence-corrected chi connectivity index (χ0v) is 17.8. The Labute approximate surface area is 186 Å². The number of nitrogens with one attached hydrogen (secondary N) is 2. The van der Waals surface area contributed by atoms with Crippen molar-refractivity contribution in [2.45, 2.75) is 44.6 Å². The third-order valence-corrected chi connectivity index (χ3v) is 6.55. The summed E-state index contributed by atoms with van der Waals surface area (Å²) in [4.78, 5) is 28.7. The molecule has 0 saturated heterocycles. The molecule has 2 aromatic rings. The van der Waals surface area contributed by atoms with E-state index in [1.54, 1.807) is 5.38 Å². The van der Waals surface area contributed by atoms with Gasteiger partial charge in [0.2, 0.25) is 0 Å². The molecule has 1 aromatic carbocycles. The fourth-order valence-corrected chi connectivity index (χ4v) is 4.99. The maximum absolute atomic E-state index is 12.4. The van der Waals surface area contributed by atoms with E-state index in [0.29, 0.717) is 16.6 Å². The molecule has 2 fully saturated rings. The second-order valence-corrected chi connectivity index (χ2v) is 8.91. The van der Waals surface area contributed by atoms with Gasteiger partial charge in [0.1, 0.15) is 22.2 Å². The van der Waals surface area contributed by atoms with E-state index in [2.05, 4.69) is 20.4 Å². The van der Waals surface area contributed by atoms with Gasteiger partial charge in [-0.05, 0) is 55.4 Å². The van der Waals surface area contributed by atoms with E-state index >= 15 is 0 Å². The molecule has 4 rings (SSSR count). The molecule has 7 nitrogen and oxygen atoms in total. The van der Waals surface area contributed by atoms with Crippen LogP contribution >= 0.6 is 11.3 Å². The molecule has 0 spiro atoms. The van der Waals surface area contributed by atoms with Gasteiger partial charge in [0.25, 0.3) is 11.8 Å². The Bertz CT molecular complexity index is 964. The van der Waals surface area contributed by atoms with Gasteiger partial charge in [-0.2, -0.15) is 0 Å². The first-order valence-corrected chi connectivity index (χ1v) is 11.1. The van der Waals surface area contributed by atoms with Crippen molar-refractivity contribution in [1.29, 1.82) is 0 Å². The van der Waals surface area contributed by atoms with Crippen molar-refractivity contribution in [1.82, 2.24) is 15.6 Å². The fourth-order valence-electron chi connectivity index (χ4n) is 4.27. The Morgan fingerprint density at radius 3 is 2.53 bits per heavy atom. The number of carbonyl (C=O) groups excluding carboxylic acids is 2. The fraction of sp³-hybridized carbons (Fsp3) is 0.476. The smallest absolute Gasteiger partial charge is 0.484 e. The first kappa shape index (κ1) is 22.4. The molecule has 3 atom stereocenters. The molecular formula is C21H22F3N3O4S. The first-order chi connectivity index (χ1) is 15.2. The number of ether oxygens (including phenoxy) is 2. The maximum Gasteiger partial charge on any atom is 0.573 e. The normalized spacial score (nSPS) is 21.9. The second kappa shape index (κ2) is 9.35. The number of alkyl halides is 3. The van der Waals surface area contributed by atoms with Crippen LogP contribution in [0.5, 0.6) is 11.5 Å². The van der Waals surface area contributed by atoms with Gasteiger partial charge in [0, 0.05) is 11.4 Å². The minimum Gasteiger partial charge on any atom is -0.484 e. The van der Waals surface area contributed by atoms with Gasteiger partial charge in [-0.3, -0.25) is 9.59 Å². The lowest BCUT2D eigenvalue weighted by Gasteiger charge is -2.22. The molecule has 172 valence electrons. The second-order valence-electron chi connectivity index (χ2n) is 7.97. The maximum atomic E-state index is 12.4. The largest absolute Gasteiger partial charge is 0.573 e. The molecule has 2 saturated carbocycles. The Hall–Kier alpha value is -2.82. The van der Waals surface area contributed by atoms with Gasteiger partial charge in [0.05, 0.1) is 6.54 Å². The van der Waals surface area contributed by atoms with E-state index in [0.717, 1.165) is 24.5 Å². The molecule has 1 aromatic heterocycles. The van der Waals surface area contributed by atoms with Crippen LogP contribution in [0, 0.1) is 11.8 Å². The summed E-state index contributed by atoms with van der Waals surface area (Å²) in [7, 11) is 0. The summed E-state index contributed by atoms with van der Waals surface area (Å²) in [6, 6.07) is 4.98. The van der Waals surface area contributed by atoms with Crippen LogP contribution in [0.25, 0.3) is 0 Å². The zero-order chi connectivity index (χ0) is 22.7. The lowest BCUT2D eigenvalue weighted by Crippen LogP contribution is -2.38. The van der Waals surface area contributed by atoms with E-state index in [1.165, 1.54) is 42.7 Å². The van der Waals surface area contributed by atoms with Gasteiger partial charge in [-0.15, -0.1) is 24.5 Å². The minimum absolute atomic E-state index is 0.145. The Morgan fingerprint density at radius 2 is 1.88 bits per heavy atom.